The molecule has 3 nitrogen and oxygen atoms in total. The van der Waals surface area contributed by atoms with E-state index in [1.54, 1.807) is 6.07 Å². The lowest BCUT2D eigenvalue weighted by atomic mass is 10.0. The van der Waals surface area contributed by atoms with Gasteiger partial charge in [0.15, 0.2) is 5.69 Å². The van der Waals surface area contributed by atoms with Crippen LogP contribution < -0.4 is 0 Å². The van der Waals surface area contributed by atoms with E-state index in [1.165, 1.54) is 0 Å². The van der Waals surface area contributed by atoms with Crippen LogP contribution in [-0.2, 0) is 0 Å². The SMILES string of the molecule is CC(C)c1cc(Cl)c(Cl)nc1C(=O)O. The van der Waals surface area contributed by atoms with E-state index in [-0.39, 0.29) is 21.8 Å². The first kappa shape index (κ1) is 11.3. The summed E-state index contributed by atoms with van der Waals surface area (Å²) < 4.78 is 0. The van der Waals surface area contributed by atoms with E-state index >= 15 is 0 Å². The molecule has 5 heteroatoms. The van der Waals surface area contributed by atoms with Crippen molar-refractivity contribution >= 4 is 29.2 Å². The van der Waals surface area contributed by atoms with Gasteiger partial charge < -0.3 is 5.11 Å². The number of aromatic nitrogens is 1. The summed E-state index contributed by atoms with van der Waals surface area (Å²) in [7, 11) is 0. The predicted octanol–water partition coefficient (Wildman–Crippen LogP) is 3.21. The summed E-state index contributed by atoms with van der Waals surface area (Å²) in [5.41, 5.74) is 0.557. The summed E-state index contributed by atoms with van der Waals surface area (Å²) >= 11 is 11.4. The van der Waals surface area contributed by atoms with Gasteiger partial charge in [-0.2, -0.15) is 0 Å². The van der Waals surface area contributed by atoms with Crippen LogP contribution in [0.2, 0.25) is 10.2 Å². The number of hydrogen-bond acceptors (Lipinski definition) is 2. The van der Waals surface area contributed by atoms with Gasteiger partial charge in [-0.1, -0.05) is 37.0 Å². The zero-order valence-electron chi connectivity index (χ0n) is 7.71. The van der Waals surface area contributed by atoms with Crippen molar-refractivity contribution in [2.45, 2.75) is 19.8 Å². The third-order valence-electron chi connectivity index (χ3n) is 1.79. The number of hydrogen-bond donors (Lipinski definition) is 1. The highest BCUT2D eigenvalue weighted by molar-refractivity contribution is 6.41. The van der Waals surface area contributed by atoms with Gasteiger partial charge >= 0.3 is 5.97 Å². The summed E-state index contributed by atoms with van der Waals surface area (Å²) in [4.78, 5) is 14.6. The summed E-state index contributed by atoms with van der Waals surface area (Å²) in [5, 5.41) is 9.17. The highest BCUT2D eigenvalue weighted by atomic mass is 35.5. The summed E-state index contributed by atoms with van der Waals surface area (Å²) in [6.07, 6.45) is 0. The van der Waals surface area contributed by atoms with Gasteiger partial charge in [-0.3, -0.25) is 0 Å². The highest BCUT2D eigenvalue weighted by Crippen LogP contribution is 2.27. The normalized spacial score (nSPS) is 10.6. The Labute approximate surface area is 91.7 Å². The number of halogens is 2. The second-order valence-electron chi connectivity index (χ2n) is 3.16. The van der Waals surface area contributed by atoms with Gasteiger partial charge in [0.25, 0.3) is 0 Å². The molecule has 76 valence electrons. The standard InChI is InChI=1S/C9H9Cl2NO2/c1-4(2)5-3-6(10)8(11)12-7(5)9(13)14/h3-4H,1-2H3,(H,13,14). The van der Waals surface area contributed by atoms with E-state index in [9.17, 15) is 4.79 Å². The fourth-order valence-electron chi connectivity index (χ4n) is 1.09. The molecule has 0 saturated heterocycles. The van der Waals surface area contributed by atoms with E-state index in [0.717, 1.165) is 0 Å². The quantitative estimate of drug-likeness (QED) is 0.799. The number of carboxylic acid groups (broad SMARTS) is 1. The Morgan fingerprint density at radius 3 is 2.50 bits per heavy atom. The van der Waals surface area contributed by atoms with Crippen LogP contribution in [-0.4, -0.2) is 16.1 Å². The molecule has 0 spiro atoms. The number of nitrogens with zero attached hydrogens (tertiary/aromatic N) is 1. The molecule has 1 N–H and O–H groups in total. The van der Waals surface area contributed by atoms with E-state index in [4.69, 9.17) is 28.3 Å². The molecule has 0 radical (unpaired) electrons. The lowest BCUT2D eigenvalue weighted by molar-refractivity contribution is 0.0688. The molecule has 0 bridgehead atoms. The van der Waals surface area contributed by atoms with Gasteiger partial charge in [0.1, 0.15) is 5.15 Å². The number of rotatable bonds is 2. The van der Waals surface area contributed by atoms with Crippen molar-refractivity contribution in [1.29, 1.82) is 0 Å². The average molecular weight is 234 g/mol. The van der Waals surface area contributed by atoms with Crippen molar-refractivity contribution in [3.05, 3.63) is 27.5 Å². The third kappa shape index (κ3) is 2.16. The molecule has 0 amide bonds. The maximum Gasteiger partial charge on any atom is 0.354 e. The van der Waals surface area contributed by atoms with Crippen LogP contribution in [0.4, 0.5) is 0 Å². The Morgan fingerprint density at radius 2 is 2.07 bits per heavy atom. The van der Waals surface area contributed by atoms with Crippen molar-refractivity contribution in [1.82, 2.24) is 4.98 Å². The predicted molar refractivity (Wildman–Crippen MR) is 55.3 cm³/mol. The zero-order valence-corrected chi connectivity index (χ0v) is 9.23. The van der Waals surface area contributed by atoms with E-state index in [0.29, 0.717) is 5.56 Å². The minimum atomic E-state index is -1.09. The molecule has 0 aromatic carbocycles. The molecule has 0 unspecified atom stereocenters. The fourth-order valence-corrected chi connectivity index (χ4v) is 1.39. The maximum atomic E-state index is 10.8. The van der Waals surface area contributed by atoms with Gasteiger partial charge in [0.2, 0.25) is 0 Å². The molecule has 1 aromatic rings. The third-order valence-corrected chi connectivity index (χ3v) is 2.46. The summed E-state index contributed by atoms with van der Waals surface area (Å²) in [5.74, 6) is -1.05. The molecule has 0 fully saturated rings. The first-order chi connectivity index (χ1) is 6.43. The van der Waals surface area contributed by atoms with Crippen LogP contribution >= 0.6 is 23.2 Å². The second-order valence-corrected chi connectivity index (χ2v) is 3.92. The van der Waals surface area contributed by atoms with Gasteiger partial charge in [-0.25, -0.2) is 9.78 Å². The topological polar surface area (TPSA) is 50.2 Å². The maximum absolute atomic E-state index is 10.8. The lowest BCUT2D eigenvalue weighted by Crippen LogP contribution is -2.07. The van der Waals surface area contributed by atoms with E-state index in [1.807, 2.05) is 13.8 Å². The molecular weight excluding hydrogens is 225 g/mol. The Kier molecular flexibility index (Phi) is 3.34. The first-order valence-electron chi connectivity index (χ1n) is 4.02. The largest absolute Gasteiger partial charge is 0.477 e. The fraction of sp³-hybridized carbons (Fsp3) is 0.333. The Bertz CT molecular complexity index is 377. The molecule has 0 aliphatic heterocycles. The van der Waals surface area contributed by atoms with Crippen LogP contribution in [0, 0.1) is 0 Å². The van der Waals surface area contributed by atoms with Crippen LogP contribution in [0.3, 0.4) is 0 Å². The van der Waals surface area contributed by atoms with Crippen molar-refractivity contribution < 1.29 is 9.90 Å². The minimum Gasteiger partial charge on any atom is -0.477 e. The Morgan fingerprint density at radius 1 is 1.50 bits per heavy atom. The van der Waals surface area contributed by atoms with E-state index < -0.39 is 5.97 Å². The van der Waals surface area contributed by atoms with Crippen molar-refractivity contribution in [2.75, 3.05) is 0 Å². The van der Waals surface area contributed by atoms with Gasteiger partial charge in [0.05, 0.1) is 5.02 Å². The summed E-state index contributed by atoms with van der Waals surface area (Å²) in [6.45, 7) is 3.74. The number of pyridine rings is 1. The van der Waals surface area contributed by atoms with E-state index in [2.05, 4.69) is 4.98 Å². The molecule has 14 heavy (non-hydrogen) atoms. The van der Waals surface area contributed by atoms with Crippen LogP contribution in [0.5, 0.6) is 0 Å². The number of aromatic carboxylic acids is 1. The number of carboxylic acids is 1. The molecule has 0 aliphatic carbocycles. The van der Waals surface area contributed by atoms with Crippen molar-refractivity contribution in [3.8, 4) is 0 Å². The number of carbonyl (C=O) groups is 1. The Balaban J connectivity index is 3.39. The van der Waals surface area contributed by atoms with Crippen molar-refractivity contribution in [2.24, 2.45) is 0 Å². The summed E-state index contributed by atoms with van der Waals surface area (Å²) in [6, 6.07) is 1.55. The monoisotopic (exact) mass is 233 g/mol. The van der Waals surface area contributed by atoms with Crippen LogP contribution in [0.1, 0.15) is 35.8 Å². The Hall–Kier alpha value is -0.800. The van der Waals surface area contributed by atoms with Gasteiger partial charge in [-0.15, -0.1) is 0 Å². The molecule has 0 atom stereocenters. The van der Waals surface area contributed by atoms with Crippen LogP contribution in [0.25, 0.3) is 0 Å². The zero-order chi connectivity index (χ0) is 10.9. The molecule has 0 saturated carbocycles. The second kappa shape index (κ2) is 4.15. The van der Waals surface area contributed by atoms with Crippen molar-refractivity contribution in [3.63, 3.8) is 0 Å². The first-order valence-corrected chi connectivity index (χ1v) is 4.78. The lowest BCUT2D eigenvalue weighted by Gasteiger charge is -2.09. The van der Waals surface area contributed by atoms with Crippen LogP contribution in [0.15, 0.2) is 6.07 Å². The van der Waals surface area contributed by atoms with Gasteiger partial charge in [-0.05, 0) is 17.5 Å². The average Bonchev–Trinajstić information content (AvgIpc) is 2.08. The smallest absolute Gasteiger partial charge is 0.354 e. The van der Waals surface area contributed by atoms with Gasteiger partial charge in [0, 0.05) is 0 Å². The molecule has 1 aromatic heterocycles. The molecular formula is C9H9Cl2NO2. The molecule has 1 rings (SSSR count). The molecule has 1 heterocycles. The molecule has 0 aliphatic rings. The minimum absolute atomic E-state index is 0.0217. The highest BCUT2D eigenvalue weighted by Gasteiger charge is 2.17.